The Kier molecular flexibility index (Phi) is 2.86. The minimum Gasteiger partial charge on any atom is -0.469 e. The zero-order valence-corrected chi connectivity index (χ0v) is 9.99. The molecule has 3 nitrogen and oxygen atoms in total. The molecular formula is C13H17NO2. The predicted octanol–water partition coefficient (Wildman–Crippen LogP) is 2.09. The normalized spacial score (nSPS) is 18.4. The van der Waals surface area contributed by atoms with Crippen molar-refractivity contribution in [1.29, 1.82) is 0 Å². The number of benzene rings is 1. The van der Waals surface area contributed by atoms with Crippen molar-refractivity contribution in [2.75, 3.05) is 25.6 Å². The zero-order chi connectivity index (χ0) is 11.7. The van der Waals surface area contributed by atoms with E-state index in [0.717, 1.165) is 6.54 Å². The van der Waals surface area contributed by atoms with Crippen LogP contribution in [0.4, 0.5) is 5.69 Å². The number of nitrogens with zero attached hydrogens (tertiary/aromatic N) is 1. The zero-order valence-electron chi connectivity index (χ0n) is 9.99. The van der Waals surface area contributed by atoms with Crippen LogP contribution in [-0.4, -0.2) is 26.7 Å². The second-order valence-corrected chi connectivity index (χ2v) is 4.42. The Morgan fingerprint density at radius 2 is 2.31 bits per heavy atom. The standard InChI is InChI=1S/C13H17NO2/c1-9-4-5-12-11(6-9)10(8-14(12)2)7-13(15)16-3/h4-6,10H,7-8H2,1-3H3. The van der Waals surface area contributed by atoms with Gasteiger partial charge in [0.15, 0.2) is 0 Å². The number of likely N-dealkylation sites (N-methyl/N-ethyl adjacent to an activating group) is 1. The van der Waals surface area contributed by atoms with Gasteiger partial charge in [0.2, 0.25) is 0 Å². The van der Waals surface area contributed by atoms with Crippen LogP contribution in [0.3, 0.4) is 0 Å². The molecule has 2 rings (SSSR count). The summed E-state index contributed by atoms with van der Waals surface area (Å²) >= 11 is 0. The van der Waals surface area contributed by atoms with Gasteiger partial charge in [-0.3, -0.25) is 4.79 Å². The molecule has 0 N–H and O–H groups in total. The van der Waals surface area contributed by atoms with Gasteiger partial charge in [0, 0.05) is 25.2 Å². The molecule has 86 valence electrons. The van der Waals surface area contributed by atoms with E-state index >= 15 is 0 Å². The second-order valence-electron chi connectivity index (χ2n) is 4.42. The summed E-state index contributed by atoms with van der Waals surface area (Å²) in [5.41, 5.74) is 3.75. The Labute approximate surface area is 96.0 Å². The van der Waals surface area contributed by atoms with Gasteiger partial charge < -0.3 is 9.64 Å². The molecule has 1 aliphatic heterocycles. The Hall–Kier alpha value is -1.51. The van der Waals surface area contributed by atoms with E-state index in [1.54, 1.807) is 0 Å². The first-order chi connectivity index (χ1) is 7.61. The maximum atomic E-state index is 11.3. The lowest BCUT2D eigenvalue weighted by Gasteiger charge is -2.11. The molecule has 16 heavy (non-hydrogen) atoms. The molecule has 1 unspecified atom stereocenters. The van der Waals surface area contributed by atoms with Gasteiger partial charge in [-0.2, -0.15) is 0 Å². The van der Waals surface area contributed by atoms with Crippen molar-refractivity contribution in [3.8, 4) is 0 Å². The van der Waals surface area contributed by atoms with E-state index in [1.807, 2.05) is 0 Å². The number of hydrogen-bond donors (Lipinski definition) is 0. The Morgan fingerprint density at radius 1 is 1.56 bits per heavy atom. The van der Waals surface area contributed by atoms with Crippen molar-refractivity contribution < 1.29 is 9.53 Å². The molecule has 1 aromatic rings. The molecule has 0 radical (unpaired) electrons. The van der Waals surface area contributed by atoms with Crippen molar-refractivity contribution >= 4 is 11.7 Å². The summed E-state index contributed by atoms with van der Waals surface area (Å²) < 4.78 is 4.74. The predicted molar refractivity (Wildman–Crippen MR) is 63.8 cm³/mol. The van der Waals surface area contributed by atoms with Crippen LogP contribution < -0.4 is 4.90 Å². The van der Waals surface area contributed by atoms with Crippen LogP contribution in [-0.2, 0) is 9.53 Å². The molecule has 0 spiro atoms. The SMILES string of the molecule is COC(=O)CC1CN(C)c2ccc(C)cc21. The third-order valence-corrected chi connectivity index (χ3v) is 3.17. The molecule has 0 bridgehead atoms. The van der Waals surface area contributed by atoms with E-state index in [4.69, 9.17) is 4.74 Å². The van der Waals surface area contributed by atoms with E-state index in [9.17, 15) is 4.79 Å². The number of esters is 1. The lowest BCUT2D eigenvalue weighted by atomic mass is 9.96. The van der Waals surface area contributed by atoms with Crippen LogP contribution in [0.25, 0.3) is 0 Å². The maximum absolute atomic E-state index is 11.3. The van der Waals surface area contributed by atoms with Gasteiger partial charge in [-0.15, -0.1) is 0 Å². The molecule has 0 aromatic heterocycles. The summed E-state index contributed by atoms with van der Waals surface area (Å²) in [6.07, 6.45) is 0.470. The highest BCUT2D eigenvalue weighted by Gasteiger charge is 2.28. The highest BCUT2D eigenvalue weighted by Crippen LogP contribution is 2.37. The minimum absolute atomic E-state index is 0.132. The monoisotopic (exact) mass is 219 g/mol. The lowest BCUT2D eigenvalue weighted by molar-refractivity contribution is -0.140. The smallest absolute Gasteiger partial charge is 0.306 e. The number of aryl methyl sites for hydroxylation is 1. The quantitative estimate of drug-likeness (QED) is 0.713. The minimum atomic E-state index is -0.132. The van der Waals surface area contributed by atoms with Crippen molar-refractivity contribution in [2.45, 2.75) is 19.3 Å². The van der Waals surface area contributed by atoms with E-state index in [0.29, 0.717) is 6.42 Å². The number of anilines is 1. The molecule has 1 aliphatic rings. The number of methoxy groups -OCH3 is 1. The van der Waals surface area contributed by atoms with E-state index < -0.39 is 0 Å². The third-order valence-electron chi connectivity index (χ3n) is 3.17. The number of rotatable bonds is 2. The number of hydrogen-bond acceptors (Lipinski definition) is 3. The highest BCUT2D eigenvalue weighted by atomic mass is 16.5. The summed E-state index contributed by atoms with van der Waals surface area (Å²) in [7, 11) is 3.50. The Morgan fingerprint density at radius 3 is 3.00 bits per heavy atom. The van der Waals surface area contributed by atoms with Crippen LogP contribution in [0.2, 0.25) is 0 Å². The highest BCUT2D eigenvalue weighted by molar-refractivity contribution is 5.73. The van der Waals surface area contributed by atoms with Crippen molar-refractivity contribution in [1.82, 2.24) is 0 Å². The Balaban J connectivity index is 2.27. The summed E-state index contributed by atoms with van der Waals surface area (Å²) in [6, 6.07) is 6.41. The number of carbonyl (C=O) groups is 1. The van der Waals surface area contributed by atoms with Crippen LogP contribution in [0.1, 0.15) is 23.5 Å². The molecule has 1 aromatic carbocycles. The summed E-state index contributed by atoms with van der Waals surface area (Å²) in [5, 5.41) is 0. The van der Waals surface area contributed by atoms with E-state index in [2.05, 4.69) is 37.1 Å². The van der Waals surface area contributed by atoms with Gasteiger partial charge in [-0.05, 0) is 18.6 Å². The van der Waals surface area contributed by atoms with Crippen molar-refractivity contribution in [3.63, 3.8) is 0 Å². The number of carbonyl (C=O) groups excluding carboxylic acids is 1. The van der Waals surface area contributed by atoms with Gasteiger partial charge in [-0.25, -0.2) is 0 Å². The van der Waals surface area contributed by atoms with Crippen LogP contribution in [0, 0.1) is 6.92 Å². The average molecular weight is 219 g/mol. The van der Waals surface area contributed by atoms with Gasteiger partial charge in [0.05, 0.1) is 13.5 Å². The lowest BCUT2D eigenvalue weighted by Crippen LogP contribution is -2.17. The van der Waals surface area contributed by atoms with Crippen molar-refractivity contribution in [2.24, 2.45) is 0 Å². The van der Waals surface area contributed by atoms with Crippen LogP contribution >= 0.6 is 0 Å². The molecular weight excluding hydrogens is 202 g/mol. The first-order valence-electron chi connectivity index (χ1n) is 5.50. The molecule has 1 atom stereocenters. The molecule has 0 aliphatic carbocycles. The summed E-state index contributed by atoms with van der Waals surface area (Å²) in [6.45, 7) is 2.97. The van der Waals surface area contributed by atoms with Crippen molar-refractivity contribution in [3.05, 3.63) is 29.3 Å². The van der Waals surface area contributed by atoms with Crippen LogP contribution in [0.5, 0.6) is 0 Å². The molecule has 0 fully saturated rings. The molecule has 3 heteroatoms. The number of ether oxygens (including phenoxy) is 1. The molecule has 1 heterocycles. The average Bonchev–Trinajstić information content (AvgIpc) is 2.55. The largest absolute Gasteiger partial charge is 0.469 e. The van der Waals surface area contributed by atoms with Gasteiger partial charge >= 0.3 is 5.97 Å². The van der Waals surface area contributed by atoms with Crippen LogP contribution in [0.15, 0.2) is 18.2 Å². The maximum Gasteiger partial charge on any atom is 0.306 e. The first kappa shape index (κ1) is 11.0. The van der Waals surface area contributed by atoms with Gasteiger partial charge in [0.25, 0.3) is 0 Å². The number of fused-ring (bicyclic) bond motifs is 1. The summed E-state index contributed by atoms with van der Waals surface area (Å²) in [5.74, 6) is 0.139. The van der Waals surface area contributed by atoms with Gasteiger partial charge in [0.1, 0.15) is 0 Å². The summed E-state index contributed by atoms with van der Waals surface area (Å²) in [4.78, 5) is 13.5. The fourth-order valence-corrected chi connectivity index (χ4v) is 2.33. The molecule has 0 saturated carbocycles. The first-order valence-corrected chi connectivity index (χ1v) is 5.50. The topological polar surface area (TPSA) is 29.5 Å². The third kappa shape index (κ3) is 1.90. The Bertz CT molecular complexity index is 414. The second kappa shape index (κ2) is 4.16. The fraction of sp³-hybridized carbons (Fsp3) is 0.462. The molecule has 0 amide bonds. The fourth-order valence-electron chi connectivity index (χ4n) is 2.33. The molecule has 0 saturated heterocycles. The van der Waals surface area contributed by atoms with Gasteiger partial charge in [-0.1, -0.05) is 17.7 Å². The van der Waals surface area contributed by atoms with E-state index in [-0.39, 0.29) is 11.9 Å². The van der Waals surface area contributed by atoms with E-state index in [1.165, 1.54) is 23.9 Å².